The van der Waals surface area contributed by atoms with Gasteiger partial charge in [-0.25, -0.2) is 0 Å². The van der Waals surface area contributed by atoms with Crippen molar-refractivity contribution in [1.82, 2.24) is 0 Å². The van der Waals surface area contributed by atoms with Gasteiger partial charge in [-0.1, -0.05) is 70.4 Å². The van der Waals surface area contributed by atoms with Gasteiger partial charge in [0.15, 0.2) is 0 Å². The molecule has 0 fully saturated rings. The molecule has 0 saturated heterocycles. The van der Waals surface area contributed by atoms with Crippen LogP contribution in [0.1, 0.15) is 104 Å². The highest BCUT2D eigenvalue weighted by molar-refractivity contribution is 6.18. The number of allylic oxidation sites excluding steroid dienone is 2. The number of alkyl halides is 1. The van der Waals surface area contributed by atoms with E-state index < -0.39 is 24.4 Å². The minimum absolute atomic E-state index is 0.0815. The van der Waals surface area contributed by atoms with E-state index in [1.807, 2.05) is 0 Å². The second-order valence-electron chi connectivity index (χ2n) is 6.34. The fraction of sp³-hybridized carbons (Fsp3) is 0.857. The number of carbonyl (C=O) groups excluding carboxylic acids is 1. The van der Waals surface area contributed by atoms with E-state index in [2.05, 4.69) is 23.8 Å². The molecule has 0 aliphatic carbocycles. The second-order valence-corrected chi connectivity index (χ2v) is 6.53. The summed E-state index contributed by atoms with van der Waals surface area (Å²) in [7, 11) is 0. The third-order valence-electron chi connectivity index (χ3n) is 4.05. The van der Waals surface area contributed by atoms with Crippen molar-refractivity contribution in [3.8, 4) is 0 Å². The quantitative estimate of drug-likeness (QED) is 0.134. The van der Waals surface area contributed by atoms with Gasteiger partial charge < -0.3 is 9.84 Å². The molecule has 3 nitrogen and oxygen atoms in total. The summed E-state index contributed by atoms with van der Waals surface area (Å²) >= 11 is 5.33. The predicted octanol–water partition coefficient (Wildman–Crippen LogP) is 6.17. The molecule has 0 radical (unpaired) electrons. The Morgan fingerprint density at radius 2 is 1.56 bits per heavy atom. The van der Waals surface area contributed by atoms with Crippen LogP contribution in [0.5, 0.6) is 0 Å². The Balaban J connectivity index is 3.80. The first-order valence-corrected chi connectivity index (χ1v) is 10.1. The van der Waals surface area contributed by atoms with Crippen LogP contribution in [0.3, 0.4) is 0 Å². The third kappa shape index (κ3) is 18.1. The van der Waals surface area contributed by atoms with E-state index in [0.29, 0.717) is 6.42 Å². The van der Waals surface area contributed by atoms with Gasteiger partial charge in [-0.2, -0.15) is 0 Å². The molecule has 0 aliphatic heterocycles. The molecule has 0 aromatic carbocycles. The molecule has 0 aromatic heterocycles. The summed E-state index contributed by atoms with van der Waals surface area (Å²) in [5.74, 6) is -4.03. The molecule has 0 aliphatic rings. The first kappa shape index (κ1) is 16.6. The number of aliphatic hydroxyl groups is 1. The molecule has 1 unspecified atom stereocenters. The van der Waals surface area contributed by atoms with Gasteiger partial charge in [-0.15, -0.1) is 11.6 Å². The normalized spacial score (nSPS) is 18.0. The van der Waals surface area contributed by atoms with E-state index in [1.54, 1.807) is 0 Å². The number of hydrogen-bond acceptors (Lipinski definition) is 3. The Morgan fingerprint density at radius 1 is 1.04 bits per heavy atom. The van der Waals surface area contributed by atoms with Crippen molar-refractivity contribution in [3.05, 3.63) is 12.2 Å². The van der Waals surface area contributed by atoms with Crippen molar-refractivity contribution in [1.29, 1.82) is 0 Å². The fourth-order valence-corrected chi connectivity index (χ4v) is 2.65. The van der Waals surface area contributed by atoms with Gasteiger partial charge in [0, 0.05) is 9.16 Å². The molecule has 4 heteroatoms. The van der Waals surface area contributed by atoms with Gasteiger partial charge in [0.2, 0.25) is 0 Å². The number of rotatable bonds is 18. The predicted molar refractivity (Wildman–Crippen MR) is 107 cm³/mol. The van der Waals surface area contributed by atoms with E-state index in [-0.39, 0.29) is 6.42 Å². The lowest BCUT2D eigenvalue weighted by atomic mass is 10.1. The molecule has 0 saturated carbocycles. The van der Waals surface area contributed by atoms with Crippen LogP contribution < -0.4 is 0 Å². The highest BCUT2D eigenvalue weighted by Gasteiger charge is 2.11. The van der Waals surface area contributed by atoms with Gasteiger partial charge in [-0.3, -0.25) is 4.79 Å². The van der Waals surface area contributed by atoms with Crippen molar-refractivity contribution in [2.45, 2.75) is 103 Å². The van der Waals surface area contributed by atoms with Gasteiger partial charge in [0.05, 0.1) is 16.5 Å². The van der Waals surface area contributed by atoms with Crippen LogP contribution in [-0.4, -0.2) is 29.5 Å². The monoisotopic (exact) mass is 379 g/mol. The van der Waals surface area contributed by atoms with Gasteiger partial charge in [-0.05, 0) is 32.1 Å². The number of carbonyl (C=O) groups is 1. The Hall–Kier alpha value is -0.540. The molecule has 148 valence electrons. The molecule has 0 bridgehead atoms. The first-order valence-electron chi connectivity index (χ1n) is 12.2. The summed E-state index contributed by atoms with van der Waals surface area (Å²) in [6.45, 7) is -1.21. The number of esters is 1. The van der Waals surface area contributed by atoms with Crippen LogP contribution in [-0.2, 0) is 9.53 Å². The zero-order valence-corrected chi connectivity index (χ0v) is 16.5. The van der Waals surface area contributed by atoms with Crippen LogP contribution >= 0.6 is 11.6 Å². The summed E-state index contributed by atoms with van der Waals surface area (Å²) in [5.41, 5.74) is 0. The molecule has 25 heavy (non-hydrogen) atoms. The van der Waals surface area contributed by atoms with Crippen LogP contribution in [0.2, 0.25) is 0 Å². The average molecular weight is 380 g/mol. The Morgan fingerprint density at radius 3 is 2.08 bits per heavy atom. The van der Waals surface area contributed by atoms with Crippen molar-refractivity contribution in [3.63, 3.8) is 0 Å². The second kappa shape index (κ2) is 19.8. The van der Waals surface area contributed by atoms with E-state index in [0.717, 1.165) is 38.5 Å². The lowest BCUT2D eigenvalue weighted by Gasteiger charge is -2.12. The molecule has 0 rings (SSSR count). The lowest BCUT2D eigenvalue weighted by Crippen LogP contribution is -2.23. The molecule has 1 N–H and O–H groups in total. The largest absolute Gasteiger partial charge is 0.459 e. The molecule has 0 aromatic rings. The summed E-state index contributed by atoms with van der Waals surface area (Å²) in [5, 5.41) is 9.36. The molecule has 0 spiro atoms. The van der Waals surface area contributed by atoms with E-state index in [4.69, 9.17) is 18.5 Å². The number of unbranched alkanes of at least 4 members (excludes halogenated alkanes) is 11. The van der Waals surface area contributed by atoms with E-state index >= 15 is 0 Å². The third-order valence-corrected chi connectivity index (χ3v) is 4.22. The summed E-state index contributed by atoms with van der Waals surface area (Å²) in [6, 6.07) is 0. The zero-order chi connectivity index (χ0) is 23.1. The average Bonchev–Trinajstić information content (AvgIpc) is 2.63. The van der Waals surface area contributed by atoms with Crippen LogP contribution in [0.25, 0.3) is 0 Å². The topological polar surface area (TPSA) is 46.5 Å². The minimum Gasteiger partial charge on any atom is -0.459 e. The van der Waals surface area contributed by atoms with Crippen LogP contribution in [0.4, 0.5) is 0 Å². The molecular weight excluding hydrogens is 336 g/mol. The van der Waals surface area contributed by atoms with Crippen molar-refractivity contribution in [2.24, 2.45) is 0 Å². The maximum atomic E-state index is 11.8. The summed E-state index contributed by atoms with van der Waals surface area (Å²) in [6.07, 6.45) is 15.6. The maximum Gasteiger partial charge on any atom is 0.306 e. The van der Waals surface area contributed by atoms with Crippen molar-refractivity contribution >= 4 is 17.6 Å². The summed E-state index contributed by atoms with van der Waals surface area (Å²) in [4.78, 5) is 11.8. The summed E-state index contributed by atoms with van der Waals surface area (Å²) < 4.78 is 41.1. The molecule has 0 amide bonds. The smallest absolute Gasteiger partial charge is 0.306 e. The van der Waals surface area contributed by atoms with E-state index in [9.17, 15) is 9.90 Å². The Labute approximate surface area is 167 Å². The minimum atomic E-state index is -3.43. The van der Waals surface area contributed by atoms with Crippen molar-refractivity contribution < 1.29 is 21.5 Å². The van der Waals surface area contributed by atoms with Gasteiger partial charge in [0.25, 0.3) is 0 Å². The first-order chi connectivity index (χ1) is 14.0. The molecule has 0 heterocycles. The standard InChI is InChI=1S/C21H39ClO3/c1-2-3-4-5-6-7-8-9-10-11-12-13-14-15-16-17-21(24)25-20(18-22)19-23/h9-10,20,23H,2-8,11-19H2,1H3/b10-9-/i18D2,19D2,20D. The SMILES string of the molecule is [2H]C([2H])(O)C([2H])(OC(=O)CCCCCCC/C=C\CCCCCCCC)C([2H])([2H])Cl. The zero-order valence-electron chi connectivity index (χ0n) is 20.7. The highest BCUT2D eigenvalue weighted by atomic mass is 35.5. The highest BCUT2D eigenvalue weighted by Crippen LogP contribution is 2.10. The van der Waals surface area contributed by atoms with Crippen LogP contribution in [0.15, 0.2) is 12.2 Å². The molecule has 1 atom stereocenters. The van der Waals surface area contributed by atoms with Crippen LogP contribution in [0, 0.1) is 0 Å². The fourth-order valence-electron chi connectivity index (χ4n) is 2.57. The molecular formula is C21H39ClO3. The maximum absolute atomic E-state index is 11.8. The van der Waals surface area contributed by atoms with Crippen molar-refractivity contribution in [2.75, 3.05) is 12.4 Å². The number of ether oxygens (including phenoxy) is 1. The Bertz CT molecular complexity index is 476. The Kier molecular flexibility index (Phi) is 13.2. The van der Waals surface area contributed by atoms with Gasteiger partial charge in [0.1, 0.15) is 6.08 Å². The van der Waals surface area contributed by atoms with Gasteiger partial charge >= 0.3 is 5.97 Å². The van der Waals surface area contributed by atoms with E-state index in [1.165, 1.54) is 38.5 Å². The number of hydrogen-bond donors (Lipinski definition) is 1. The lowest BCUT2D eigenvalue weighted by molar-refractivity contribution is -0.149. The number of halogens is 1.